The number of hydrogen-bond donors (Lipinski definition) is 1. The maximum atomic E-state index is 6.21. The molecule has 0 amide bonds. The molecule has 0 aromatic rings. The van der Waals surface area contributed by atoms with Crippen LogP contribution in [-0.2, 0) is 9.47 Å². The van der Waals surface area contributed by atoms with Crippen LogP contribution >= 0.6 is 0 Å². The van der Waals surface area contributed by atoms with Crippen molar-refractivity contribution >= 4 is 0 Å². The summed E-state index contributed by atoms with van der Waals surface area (Å²) in [6.07, 6.45) is 7.45. The molecule has 2 saturated heterocycles. The lowest BCUT2D eigenvalue weighted by Crippen LogP contribution is -2.40. The lowest BCUT2D eigenvalue weighted by molar-refractivity contribution is -0.0102. The van der Waals surface area contributed by atoms with Crippen LogP contribution in [0.25, 0.3) is 0 Å². The fourth-order valence-corrected chi connectivity index (χ4v) is 2.62. The van der Waals surface area contributed by atoms with Crippen molar-refractivity contribution in [3.63, 3.8) is 0 Å². The van der Waals surface area contributed by atoms with E-state index < -0.39 is 0 Å². The first-order chi connectivity index (χ1) is 7.36. The van der Waals surface area contributed by atoms with Crippen molar-refractivity contribution < 1.29 is 9.47 Å². The number of rotatable bonds is 3. The van der Waals surface area contributed by atoms with Gasteiger partial charge in [0.05, 0.1) is 6.10 Å². The topological polar surface area (TPSA) is 44.5 Å². The Bertz CT molecular complexity index is 174. The van der Waals surface area contributed by atoms with E-state index in [1.807, 2.05) is 0 Å². The number of nitrogens with two attached hydrogens (primary N) is 1. The molecular weight excluding hydrogens is 190 g/mol. The molecule has 0 aromatic heterocycles. The number of ether oxygens (including phenoxy) is 2. The predicted octanol–water partition coefficient (Wildman–Crippen LogP) is 1.70. The van der Waals surface area contributed by atoms with Gasteiger partial charge in [-0.3, -0.25) is 0 Å². The minimum Gasteiger partial charge on any atom is -0.381 e. The Labute approximate surface area is 92.3 Å². The van der Waals surface area contributed by atoms with Crippen molar-refractivity contribution in [3.8, 4) is 0 Å². The summed E-state index contributed by atoms with van der Waals surface area (Å²) >= 11 is 0. The maximum Gasteiger partial charge on any atom is 0.0726 e. The molecule has 0 saturated carbocycles. The van der Waals surface area contributed by atoms with Crippen molar-refractivity contribution in [2.45, 2.75) is 50.7 Å². The lowest BCUT2D eigenvalue weighted by atomic mass is 9.89. The van der Waals surface area contributed by atoms with Crippen molar-refractivity contribution in [1.82, 2.24) is 0 Å². The van der Waals surface area contributed by atoms with Gasteiger partial charge in [0.15, 0.2) is 0 Å². The van der Waals surface area contributed by atoms with Gasteiger partial charge in [-0.25, -0.2) is 0 Å². The highest BCUT2D eigenvalue weighted by molar-refractivity contribution is 4.79. The Hall–Kier alpha value is -0.120. The van der Waals surface area contributed by atoms with E-state index >= 15 is 0 Å². The van der Waals surface area contributed by atoms with Crippen LogP contribution in [0.5, 0.6) is 0 Å². The standard InChI is InChI=1S/C12H23NO2/c13-11(12-3-1-2-6-15-12)9-10-4-7-14-8-5-10/h10-12H,1-9,13H2. The molecule has 15 heavy (non-hydrogen) atoms. The minimum atomic E-state index is 0.244. The zero-order valence-electron chi connectivity index (χ0n) is 9.49. The molecule has 0 bridgehead atoms. The van der Waals surface area contributed by atoms with E-state index in [0.717, 1.165) is 38.6 Å². The molecule has 0 radical (unpaired) electrons. The quantitative estimate of drug-likeness (QED) is 0.776. The summed E-state index contributed by atoms with van der Waals surface area (Å²) in [4.78, 5) is 0. The van der Waals surface area contributed by atoms with E-state index in [-0.39, 0.29) is 6.04 Å². The van der Waals surface area contributed by atoms with Gasteiger partial charge < -0.3 is 15.2 Å². The first-order valence-electron chi connectivity index (χ1n) is 6.31. The van der Waals surface area contributed by atoms with Crippen LogP contribution in [-0.4, -0.2) is 32.0 Å². The SMILES string of the molecule is NC(CC1CCOCC1)C1CCCCO1. The maximum absolute atomic E-state index is 6.21. The fraction of sp³-hybridized carbons (Fsp3) is 1.00. The second kappa shape index (κ2) is 5.83. The minimum absolute atomic E-state index is 0.244. The Morgan fingerprint density at radius 2 is 1.87 bits per heavy atom. The third-order valence-corrected chi connectivity index (χ3v) is 3.64. The Morgan fingerprint density at radius 3 is 2.53 bits per heavy atom. The largest absolute Gasteiger partial charge is 0.381 e. The first-order valence-corrected chi connectivity index (χ1v) is 6.31. The monoisotopic (exact) mass is 213 g/mol. The molecule has 0 aliphatic carbocycles. The summed E-state index contributed by atoms with van der Waals surface area (Å²) in [5, 5.41) is 0. The van der Waals surface area contributed by atoms with Crippen molar-refractivity contribution in [1.29, 1.82) is 0 Å². The predicted molar refractivity (Wildman–Crippen MR) is 59.7 cm³/mol. The van der Waals surface area contributed by atoms with Gasteiger partial charge in [0.2, 0.25) is 0 Å². The van der Waals surface area contributed by atoms with E-state index in [9.17, 15) is 0 Å². The van der Waals surface area contributed by atoms with Crippen LogP contribution in [0, 0.1) is 5.92 Å². The van der Waals surface area contributed by atoms with Crippen LogP contribution in [0.3, 0.4) is 0 Å². The summed E-state index contributed by atoms with van der Waals surface area (Å²) in [6, 6.07) is 0.244. The summed E-state index contributed by atoms with van der Waals surface area (Å²) in [5.41, 5.74) is 6.21. The van der Waals surface area contributed by atoms with Gasteiger partial charge in [0, 0.05) is 25.9 Å². The average Bonchev–Trinajstić information content (AvgIpc) is 2.31. The molecule has 2 aliphatic rings. The molecule has 2 unspecified atom stereocenters. The van der Waals surface area contributed by atoms with E-state index in [1.54, 1.807) is 0 Å². The molecule has 3 nitrogen and oxygen atoms in total. The number of hydrogen-bond acceptors (Lipinski definition) is 3. The van der Waals surface area contributed by atoms with Gasteiger partial charge in [-0.05, 0) is 44.4 Å². The molecule has 2 fully saturated rings. The normalized spacial score (nSPS) is 31.4. The molecular formula is C12H23NO2. The zero-order chi connectivity index (χ0) is 10.5. The molecule has 2 aliphatic heterocycles. The Morgan fingerprint density at radius 1 is 1.07 bits per heavy atom. The molecule has 3 heteroatoms. The van der Waals surface area contributed by atoms with E-state index in [1.165, 1.54) is 25.7 Å². The lowest BCUT2D eigenvalue weighted by Gasteiger charge is -2.31. The first kappa shape index (κ1) is 11.4. The Balaban J connectivity index is 1.72. The third kappa shape index (κ3) is 3.44. The second-order valence-corrected chi connectivity index (χ2v) is 4.86. The molecule has 2 N–H and O–H groups in total. The van der Waals surface area contributed by atoms with Crippen molar-refractivity contribution in [2.24, 2.45) is 11.7 Å². The molecule has 2 atom stereocenters. The van der Waals surface area contributed by atoms with Crippen LogP contribution in [0.1, 0.15) is 38.5 Å². The van der Waals surface area contributed by atoms with Gasteiger partial charge in [0.25, 0.3) is 0 Å². The molecule has 2 rings (SSSR count). The highest BCUT2D eigenvalue weighted by Gasteiger charge is 2.25. The van der Waals surface area contributed by atoms with Crippen LogP contribution in [0.2, 0.25) is 0 Å². The third-order valence-electron chi connectivity index (χ3n) is 3.64. The van der Waals surface area contributed by atoms with Crippen LogP contribution in [0.4, 0.5) is 0 Å². The van der Waals surface area contributed by atoms with Crippen molar-refractivity contribution in [2.75, 3.05) is 19.8 Å². The Kier molecular flexibility index (Phi) is 4.42. The summed E-state index contributed by atoms with van der Waals surface area (Å²) in [5.74, 6) is 0.763. The zero-order valence-corrected chi connectivity index (χ0v) is 9.49. The summed E-state index contributed by atoms with van der Waals surface area (Å²) in [7, 11) is 0. The highest BCUT2D eigenvalue weighted by Crippen LogP contribution is 2.24. The van der Waals surface area contributed by atoms with Crippen LogP contribution in [0.15, 0.2) is 0 Å². The van der Waals surface area contributed by atoms with Crippen LogP contribution < -0.4 is 5.73 Å². The van der Waals surface area contributed by atoms with Gasteiger partial charge in [-0.1, -0.05) is 0 Å². The van der Waals surface area contributed by atoms with Gasteiger partial charge in [-0.15, -0.1) is 0 Å². The molecule has 0 spiro atoms. The van der Waals surface area contributed by atoms with Crippen molar-refractivity contribution in [3.05, 3.63) is 0 Å². The van der Waals surface area contributed by atoms with E-state index in [2.05, 4.69) is 0 Å². The highest BCUT2D eigenvalue weighted by atomic mass is 16.5. The van der Waals surface area contributed by atoms with Gasteiger partial charge in [0.1, 0.15) is 0 Å². The van der Waals surface area contributed by atoms with Gasteiger partial charge in [-0.2, -0.15) is 0 Å². The van der Waals surface area contributed by atoms with E-state index in [0.29, 0.717) is 6.10 Å². The van der Waals surface area contributed by atoms with Gasteiger partial charge >= 0.3 is 0 Å². The molecule has 0 aromatic carbocycles. The average molecular weight is 213 g/mol. The second-order valence-electron chi connectivity index (χ2n) is 4.86. The summed E-state index contributed by atoms with van der Waals surface area (Å²) < 4.78 is 11.1. The molecule has 88 valence electrons. The van der Waals surface area contributed by atoms with E-state index in [4.69, 9.17) is 15.2 Å². The summed E-state index contributed by atoms with van der Waals surface area (Å²) in [6.45, 7) is 2.75. The fourth-order valence-electron chi connectivity index (χ4n) is 2.62. The smallest absolute Gasteiger partial charge is 0.0726 e. The molecule has 2 heterocycles.